The summed E-state index contributed by atoms with van der Waals surface area (Å²) < 4.78 is 10.3. The number of rotatable bonds is 6. The highest BCUT2D eigenvalue weighted by Crippen LogP contribution is 2.08. The van der Waals surface area contributed by atoms with Crippen LogP contribution >= 0.6 is 0 Å². The van der Waals surface area contributed by atoms with Crippen LogP contribution in [0.15, 0.2) is 16.5 Å². The predicted molar refractivity (Wildman–Crippen MR) is 61.2 cm³/mol. The van der Waals surface area contributed by atoms with Crippen molar-refractivity contribution < 1.29 is 13.9 Å². The number of nitrogen functional groups attached to an aromatic ring is 1. The first-order valence-electron chi connectivity index (χ1n) is 5.34. The summed E-state index contributed by atoms with van der Waals surface area (Å²) in [7, 11) is 0. The fourth-order valence-corrected chi connectivity index (χ4v) is 1.16. The van der Waals surface area contributed by atoms with E-state index in [0.29, 0.717) is 13.2 Å². The second-order valence-corrected chi connectivity index (χ2v) is 3.73. The Bertz CT molecular complexity index is 334. The van der Waals surface area contributed by atoms with Crippen LogP contribution in [0.4, 0.5) is 5.88 Å². The van der Waals surface area contributed by atoms with E-state index in [1.807, 2.05) is 13.8 Å². The third-order valence-electron chi connectivity index (χ3n) is 1.91. The number of amides is 1. The molecule has 1 amide bonds. The molecule has 0 saturated heterocycles. The minimum absolute atomic E-state index is 0.223. The van der Waals surface area contributed by atoms with Gasteiger partial charge in [-0.25, -0.2) is 0 Å². The smallest absolute Gasteiger partial charge is 0.287 e. The molecule has 16 heavy (non-hydrogen) atoms. The predicted octanol–water partition coefficient (Wildman–Crippen LogP) is 1.41. The second kappa shape index (κ2) is 6.17. The highest BCUT2D eigenvalue weighted by atomic mass is 16.5. The van der Waals surface area contributed by atoms with E-state index in [2.05, 4.69) is 5.32 Å². The van der Waals surface area contributed by atoms with E-state index in [0.717, 1.165) is 6.42 Å². The lowest BCUT2D eigenvalue weighted by atomic mass is 10.4. The third kappa shape index (κ3) is 4.35. The van der Waals surface area contributed by atoms with Crippen LogP contribution < -0.4 is 11.1 Å². The van der Waals surface area contributed by atoms with Gasteiger partial charge < -0.3 is 20.2 Å². The highest BCUT2D eigenvalue weighted by Gasteiger charge is 2.08. The summed E-state index contributed by atoms with van der Waals surface area (Å²) in [4.78, 5) is 11.5. The van der Waals surface area contributed by atoms with Gasteiger partial charge in [-0.2, -0.15) is 0 Å². The Balaban J connectivity index is 2.16. The zero-order valence-electron chi connectivity index (χ0n) is 9.66. The maximum absolute atomic E-state index is 11.5. The number of nitrogens with two attached hydrogens (primary N) is 1. The zero-order valence-corrected chi connectivity index (χ0v) is 9.66. The number of hydrogen-bond acceptors (Lipinski definition) is 4. The molecular weight excluding hydrogens is 208 g/mol. The molecule has 0 bridgehead atoms. The van der Waals surface area contributed by atoms with E-state index >= 15 is 0 Å². The van der Waals surface area contributed by atoms with Crippen molar-refractivity contribution in [1.29, 1.82) is 0 Å². The van der Waals surface area contributed by atoms with Crippen LogP contribution in [-0.2, 0) is 4.74 Å². The van der Waals surface area contributed by atoms with E-state index in [-0.39, 0.29) is 23.7 Å². The first-order valence-corrected chi connectivity index (χ1v) is 5.34. The van der Waals surface area contributed by atoms with Crippen LogP contribution in [0, 0.1) is 0 Å². The minimum Gasteiger partial charge on any atom is -0.436 e. The first kappa shape index (κ1) is 12.6. The van der Waals surface area contributed by atoms with E-state index in [1.54, 1.807) is 12.1 Å². The lowest BCUT2D eigenvalue weighted by Crippen LogP contribution is -2.25. The number of ether oxygens (including phenoxy) is 1. The second-order valence-electron chi connectivity index (χ2n) is 3.73. The molecule has 1 rings (SSSR count). The average Bonchev–Trinajstić information content (AvgIpc) is 2.63. The lowest BCUT2D eigenvalue weighted by molar-refractivity contribution is 0.0753. The van der Waals surface area contributed by atoms with Gasteiger partial charge in [0.1, 0.15) is 0 Å². The Morgan fingerprint density at radius 2 is 2.31 bits per heavy atom. The van der Waals surface area contributed by atoms with Crippen LogP contribution in [0.1, 0.15) is 30.8 Å². The minimum atomic E-state index is -0.249. The summed E-state index contributed by atoms with van der Waals surface area (Å²) in [6.07, 6.45) is 1.00. The monoisotopic (exact) mass is 226 g/mol. The third-order valence-corrected chi connectivity index (χ3v) is 1.91. The van der Waals surface area contributed by atoms with Crippen LogP contribution in [0.3, 0.4) is 0 Å². The van der Waals surface area contributed by atoms with E-state index in [1.165, 1.54) is 0 Å². The van der Waals surface area contributed by atoms with Crippen molar-refractivity contribution in [2.24, 2.45) is 0 Å². The summed E-state index contributed by atoms with van der Waals surface area (Å²) in [6.45, 7) is 5.15. The molecule has 1 heterocycles. The molecule has 90 valence electrons. The van der Waals surface area contributed by atoms with Crippen molar-refractivity contribution in [3.8, 4) is 0 Å². The van der Waals surface area contributed by atoms with Gasteiger partial charge in [-0.15, -0.1) is 0 Å². The van der Waals surface area contributed by atoms with Crippen molar-refractivity contribution in [3.05, 3.63) is 17.9 Å². The van der Waals surface area contributed by atoms with Gasteiger partial charge in [-0.1, -0.05) is 0 Å². The first-order chi connectivity index (χ1) is 7.59. The molecule has 0 unspecified atom stereocenters. The summed E-state index contributed by atoms with van der Waals surface area (Å²) in [5.74, 6) is 0.233. The fraction of sp³-hybridized carbons (Fsp3) is 0.545. The molecule has 0 aromatic carbocycles. The molecule has 0 saturated carbocycles. The van der Waals surface area contributed by atoms with Crippen molar-refractivity contribution >= 4 is 11.8 Å². The van der Waals surface area contributed by atoms with Gasteiger partial charge in [-0.05, 0) is 26.3 Å². The number of carbonyl (C=O) groups is 1. The molecule has 5 nitrogen and oxygen atoms in total. The van der Waals surface area contributed by atoms with Gasteiger partial charge in [0, 0.05) is 19.2 Å². The molecule has 1 aromatic heterocycles. The summed E-state index contributed by atoms with van der Waals surface area (Å²) in [5.41, 5.74) is 5.36. The maximum Gasteiger partial charge on any atom is 0.287 e. The molecule has 0 radical (unpaired) electrons. The van der Waals surface area contributed by atoms with E-state index in [9.17, 15) is 4.79 Å². The largest absolute Gasteiger partial charge is 0.436 e. The number of nitrogens with one attached hydrogen (secondary N) is 1. The molecule has 3 N–H and O–H groups in total. The van der Waals surface area contributed by atoms with Gasteiger partial charge >= 0.3 is 0 Å². The molecule has 0 fully saturated rings. The number of anilines is 1. The Kier molecular flexibility index (Phi) is 4.85. The summed E-state index contributed by atoms with van der Waals surface area (Å²) >= 11 is 0. The quantitative estimate of drug-likeness (QED) is 0.719. The van der Waals surface area contributed by atoms with Crippen molar-refractivity contribution in [2.45, 2.75) is 26.4 Å². The van der Waals surface area contributed by atoms with E-state index < -0.39 is 0 Å². The van der Waals surface area contributed by atoms with Crippen molar-refractivity contribution in [1.82, 2.24) is 5.32 Å². The maximum atomic E-state index is 11.5. The number of carbonyl (C=O) groups excluding carboxylic acids is 1. The molecular formula is C11H18N2O3. The Morgan fingerprint density at radius 1 is 1.56 bits per heavy atom. The summed E-state index contributed by atoms with van der Waals surface area (Å²) in [6, 6.07) is 3.10. The Labute approximate surface area is 94.9 Å². The molecule has 5 heteroatoms. The van der Waals surface area contributed by atoms with Crippen LogP contribution in [-0.4, -0.2) is 25.2 Å². The van der Waals surface area contributed by atoms with Gasteiger partial charge in [0.15, 0.2) is 11.6 Å². The fourth-order valence-electron chi connectivity index (χ4n) is 1.16. The molecule has 0 spiro atoms. The molecule has 0 aliphatic carbocycles. The SMILES string of the molecule is CC(C)OCCCNC(=O)c1ccc(N)o1. The van der Waals surface area contributed by atoms with E-state index in [4.69, 9.17) is 14.9 Å². The topological polar surface area (TPSA) is 77.5 Å². The van der Waals surface area contributed by atoms with Crippen molar-refractivity contribution in [3.63, 3.8) is 0 Å². The number of furan rings is 1. The standard InChI is InChI=1S/C11H18N2O3/c1-8(2)15-7-3-6-13-11(14)9-4-5-10(12)16-9/h4-5,8H,3,6-7,12H2,1-2H3,(H,13,14). The molecule has 1 aromatic rings. The van der Waals surface area contributed by atoms with Gasteiger partial charge in [0.05, 0.1) is 6.10 Å². The van der Waals surface area contributed by atoms with Gasteiger partial charge in [-0.3, -0.25) is 4.79 Å². The molecule has 0 aliphatic rings. The Morgan fingerprint density at radius 3 is 2.88 bits per heavy atom. The van der Waals surface area contributed by atoms with Gasteiger partial charge in [0.25, 0.3) is 5.91 Å². The molecule has 0 atom stereocenters. The average molecular weight is 226 g/mol. The number of hydrogen-bond donors (Lipinski definition) is 2. The molecule has 0 aliphatic heterocycles. The van der Waals surface area contributed by atoms with Crippen LogP contribution in [0.5, 0.6) is 0 Å². The normalized spacial score (nSPS) is 10.7. The van der Waals surface area contributed by atoms with Crippen LogP contribution in [0.2, 0.25) is 0 Å². The summed E-state index contributed by atoms with van der Waals surface area (Å²) in [5, 5.41) is 2.72. The van der Waals surface area contributed by atoms with Crippen molar-refractivity contribution in [2.75, 3.05) is 18.9 Å². The van der Waals surface area contributed by atoms with Gasteiger partial charge in [0.2, 0.25) is 0 Å². The highest BCUT2D eigenvalue weighted by molar-refractivity contribution is 5.91. The Hall–Kier alpha value is -1.49. The lowest BCUT2D eigenvalue weighted by Gasteiger charge is -2.07. The van der Waals surface area contributed by atoms with Crippen LogP contribution in [0.25, 0.3) is 0 Å². The zero-order chi connectivity index (χ0) is 12.0.